The zero-order valence-electron chi connectivity index (χ0n) is 18.1. The van der Waals surface area contributed by atoms with Crippen molar-refractivity contribution in [3.8, 4) is 0 Å². The summed E-state index contributed by atoms with van der Waals surface area (Å²) in [6.07, 6.45) is 0.643. The predicted octanol–water partition coefficient (Wildman–Crippen LogP) is 2.71. The third kappa shape index (κ3) is 6.56. The van der Waals surface area contributed by atoms with Crippen LogP contribution in [0.1, 0.15) is 54.4 Å². The van der Waals surface area contributed by atoms with Crippen LogP contribution in [0.3, 0.4) is 0 Å². The Bertz CT molecular complexity index is 528. The summed E-state index contributed by atoms with van der Waals surface area (Å²) in [6.45, 7) is 14.1. The van der Waals surface area contributed by atoms with E-state index in [9.17, 15) is 14.4 Å². The summed E-state index contributed by atoms with van der Waals surface area (Å²) in [7, 11) is 0. The Hall–Kier alpha value is -1.99. The summed E-state index contributed by atoms with van der Waals surface area (Å²) in [6, 6.07) is 0. The number of likely N-dealkylation sites (tertiary alicyclic amines) is 1. The van der Waals surface area contributed by atoms with E-state index < -0.39 is 11.2 Å². The first kappa shape index (κ1) is 22.3. The molecule has 28 heavy (non-hydrogen) atoms. The molecular formula is C20H35N3O5. The second-order valence-electron chi connectivity index (χ2n) is 9.53. The number of carbonyl (C=O) groups excluding carboxylic acids is 3. The number of rotatable bonds is 1. The first-order valence-corrected chi connectivity index (χ1v) is 10.1. The van der Waals surface area contributed by atoms with Crippen LogP contribution in [0.2, 0.25) is 0 Å². The molecule has 0 saturated carbocycles. The molecule has 0 atom stereocenters. The molecule has 0 radical (unpaired) electrons. The van der Waals surface area contributed by atoms with Crippen molar-refractivity contribution in [3.63, 3.8) is 0 Å². The average Bonchev–Trinajstić information content (AvgIpc) is 2.58. The monoisotopic (exact) mass is 397 g/mol. The highest BCUT2D eigenvalue weighted by Crippen LogP contribution is 2.22. The highest BCUT2D eigenvalue weighted by Gasteiger charge is 2.34. The normalized spacial score (nSPS) is 19.4. The molecule has 0 unspecified atom stereocenters. The second-order valence-corrected chi connectivity index (χ2v) is 9.53. The van der Waals surface area contributed by atoms with E-state index in [4.69, 9.17) is 9.47 Å². The largest absolute Gasteiger partial charge is 0.444 e. The molecule has 0 aromatic heterocycles. The topological polar surface area (TPSA) is 79.4 Å². The highest BCUT2D eigenvalue weighted by molar-refractivity contribution is 5.80. The van der Waals surface area contributed by atoms with Crippen molar-refractivity contribution >= 4 is 18.1 Å². The molecular weight excluding hydrogens is 362 g/mol. The molecule has 160 valence electrons. The first-order chi connectivity index (χ1) is 12.9. The number of hydrogen-bond acceptors (Lipinski definition) is 5. The number of piperazine rings is 1. The van der Waals surface area contributed by atoms with Crippen LogP contribution in [0.25, 0.3) is 0 Å². The van der Waals surface area contributed by atoms with Gasteiger partial charge < -0.3 is 24.2 Å². The van der Waals surface area contributed by atoms with Crippen LogP contribution in [0.5, 0.6) is 0 Å². The van der Waals surface area contributed by atoms with Gasteiger partial charge in [0.1, 0.15) is 11.2 Å². The van der Waals surface area contributed by atoms with Gasteiger partial charge in [-0.15, -0.1) is 0 Å². The van der Waals surface area contributed by atoms with Gasteiger partial charge >= 0.3 is 12.2 Å². The van der Waals surface area contributed by atoms with E-state index in [1.54, 1.807) is 9.80 Å². The lowest BCUT2D eigenvalue weighted by molar-refractivity contribution is -0.138. The third-order valence-electron chi connectivity index (χ3n) is 4.74. The lowest BCUT2D eigenvalue weighted by Crippen LogP contribution is -2.54. The maximum absolute atomic E-state index is 12.8. The number of piperidine rings is 1. The molecule has 3 amide bonds. The fraction of sp³-hybridized carbons (Fsp3) is 0.850. The summed E-state index contributed by atoms with van der Waals surface area (Å²) in [5.74, 6) is 0.0411. The summed E-state index contributed by atoms with van der Waals surface area (Å²) in [4.78, 5) is 42.3. The third-order valence-corrected chi connectivity index (χ3v) is 4.74. The minimum Gasteiger partial charge on any atom is -0.444 e. The van der Waals surface area contributed by atoms with Gasteiger partial charge in [-0.2, -0.15) is 0 Å². The van der Waals surface area contributed by atoms with Crippen molar-refractivity contribution in [3.05, 3.63) is 0 Å². The maximum atomic E-state index is 12.8. The molecule has 2 saturated heterocycles. The Labute approximate surface area is 168 Å². The molecule has 2 heterocycles. The van der Waals surface area contributed by atoms with Gasteiger partial charge in [0.25, 0.3) is 0 Å². The summed E-state index contributed by atoms with van der Waals surface area (Å²) < 4.78 is 10.8. The Morgan fingerprint density at radius 1 is 0.643 bits per heavy atom. The van der Waals surface area contributed by atoms with Gasteiger partial charge in [0, 0.05) is 45.2 Å². The zero-order valence-corrected chi connectivity index (χ0v) is 18.1. The Balaban J connectivity index is 1.77. The van der Waals surface area contributed by atoms with E-state index in [0.717, 1.165) is 0 Å². The summed E-state index contributed by atoms with van der Waals surface area (Å²) in [5.41, 5.74) is -1.04. The minimum atomic E-state index is -0.522. The number of nitrogens with zero attached hydrogens (tertiary/aromatic N) is 3. The van der Waals surface area contributed by atoms with E-state index in [0.29, 0.717) is 52.1 Å². The molecule has 0 aromatic carbocycles. The lowest BCUT2D eigenvalue weighted by atomic mass is 9.95. The second kappa shape index (κ2) is 8.57. The van der Waals surface area contributed by atoms with E-state index in [1.807, 2.05) is 46.4 Å². The van der Waals surface area contributed by atoms with E-state index >= 15 is 0 Å². The molecule has 8 heteroatoms. The first-order valence-electron chi connectivity index (χ1n) is 10.1. The standard InChI is InChI=1S/C20H35N3O5/c1-19(2,3)27-17(25)22-9-7-15(8-10-22)16(24)21-11-13-23(14-12-21)18(26)28-20(4,5)6/h15H,7-14H2,1-6H3. The molecule has 0 aliphatic carbocycles. The van der Waals surface area contributed by atoms with Crippen LogP contribution in [0.15, 0.2) is 0 Å². The Morgan fingerprint density at radius 2 is 1.00 bits per heavy atom. The molecule has 2 aliphatic rings. The fourth-order valence-corrected chi connectivity index (χ4v) is 3.33. The summed E-state index contributed by atoms with van der Waals surface area (Å²) >= 11 is 0. The van der Waals surface area contributed by atoms with Crippen molar-refractivity contribution in [2.24, 2.45) is 5.92 Å². The molecule has 2 rings (SSSR count). The number of carbonyl (C=O) groups is 3. The predicted molar refractivity (Wildman–Crippen MR) is 105 cm³/mol. The van der Waals surface area contributed by atoms with Crippen molar-refractivity contribution in [2.75, 3.05) is 39.3 Å². The SMILES string of the molecule is CC(C)(C)OC(=O)N1CCC(C(=O)N2CCN(C(=O)OC(C)(C)C)CC2)CC1. The fourth-order valence-electron chi connectivity index (χ4n) is 3.33. The van der Waals surface area contributed by atoms with Crippen molar-refractivity contribution in [1.29, 1.82) is 0 Å². The molecule has 0 N–H and O–H groups in total. The van der Waals surface area contributed by atoms with Gasteiger partial charge in [-0.3, -0.25) is 4.79 Å². The average molecular weight is 398 g/mol. The van der Waals surface area contributed by atoms with Crippen LogP contribution in [0.4, 0.5) is 9.59 Å². The van der Waals surface area contributed by atoms with Gasteiger partial charge in [0.15, 0.2) is 0 Å². The number of ether oxygens (including phenoxy) is 2. The molecule has 0 aromatic rings. The van der Waals surface area contributed by atoms with Gasteiger partial charge in [0.2, 0.25) is 5.91 Å². The van der Waals surface area contributed by atoms with Gasteiger partial charge in [-0.05, 0) is 54.4 Å². The quantitative estimate of drug-likeness (QED) is 0.680. The van der Waals surface area contributed by atoms with Crippen LogP contribution in [-0.4, -0.2) is 83.3 Å². The maximum Gasteiger partial charge on any atom is 0.410 e. The zero-order chi connectivity index (χ0) is 21.1. The van der Waals surface area contributed by atoms with Crippen LogP contribution < -0.4 is 0 Å². The van der Waals surface area contributed by atoms with Crippen LogP contribution in [-0.2, 0) is 14.3 Å². The Kier molecular flexibility index (Phi) is 6.83. The molecule has 2 aliphatic heterocycles. The van der Waals surface area contributed by atoms with Gasteiger partial charge in [0.05, 0.1) is 0 Å². The van der Waals surface area contributed by atoms with E-state index in [-0.39, 0.29) is 24.0 Å². The van der Waals surface area contributed by atoms with Crippen molar-refractivity contribution in [1.82, 2.24) is 14.7 Å². The molecule has 2 fully saturated rings. The molecule has 8 nitrogen and oxygen atoms in total. The van der Waals surface area contributed by atoms with Crippen molar-refractivity contribution < 1.29 is 23.9 Å². The van der Waals surface area contributed by atoms with E-state index in [2.05, 4.69) is 0 Å². The Morgan fingerprint density at radius 3 is 1.39 bits per heavy atom. The van der Waals surface area contributed by atoms with Crippen LogP contribution in [0, 0.1) is 5.92 Å². The molecule has 0 bridgehead atoms. The van der Waals surface area contributed by atoms with Gasteiger partial charge in [-0.25, -0.2) is 9.59 Å². The number of hydrogen-bond donors (Lipinski definition) is 0. The number of amides is 3. The highest BCUT2D eigenvalue weighted by atomic mass is 16.6. The van der Waals surface area contributed by atoms with Crippen molar-refractivity contribution in [2.45, 2.75) is 65.6 Å². The van der Waals surface area contributed by atoms with Crippen LogP contribution >= 0.6 is 0 Å². The van der Waals surface area contributed by atoms with Gasteiger partial charge in [-0.1, -0.05) is 0 Å². The lowest BCUT2D eigenvalue weighted by Gasteiger charge is -2.39. The summed E-state index contributed by atoms with van der Waals surface area (Å²) in [5, 5.41) is 0. The smallest absolute Gasteiger partial charge is 0.410 e. The minimum absolute atomic E-state index is 0.0771. The van der Waals surface area contributed by atoms with E-state index in [1.165, 1.54) is 0 Å². The molecule has 0 spiro atoms.